The van der Waals surface area contributed by atoms with Crippen molar-refractivity contribution in [1.82, 2.24) is 19.6 Å². The van der Waals surface area contributed by atoms with E-state index < -0.39 is 0 Å². The van der Waals surface area contributed by atoms with Crippen LogP contribution in [0, 0.1) is 26.7 Å². The summed E-state index contributed by atoms with van der Waals surface area (Å²) in [5.41, 5.74) is 2.86. The smallest absolute Gasteiger partial charge is 0.230 e. The zero-order valence-corrected chi connectivity index (χ0v) is 15.2. The number of hydrogen-bond acceptors (Lipinski definition) is 3. The van der Waals surface area contributed by atoms with Crippen molar-refractivity contribution in [2.45, 2.75) is 47.7 Å². The monoisotopic (exact) mass is 367 g/mol. The fourth-order valence-electron chi connectivity index (χ4n) is 2.33. The van der Waals surface area contributed by atoms with Crippen molar-refractivity contribution >= 4 is 27.7 Å². The van der Waals surface area contributed by atoms with E-state index in [0.717, 1.165) is 33.9 Å². The first kappa shape index (κ1) is 16.7. The molecule has 6 nitrogen and oxygen atoms in total. The molecule has 0 aliphatic rings. The Morgan fingerprint density at radius 3 is 2.55 bits per heavy atom. The molecule has 0 aliphatic heterocycles. The van der Waals surface area contributed by atoms with Crippen molar-refractivity contribution < 1.29 is 4.79 Å². The van der Waals surface area contributed by atoms with Crippen molar-refractivity contribution in [3.8, 4) is 0 Å². The topological polar surface area (TPSA) is 64.7 Å². The molecule has 0 aliphatic carbocycles. The number of halogens is 1. The summed E-state index contributed by atoms with van der Waals surface area (Å²) >= 11 is 3.51. The van der Waals surface area contributed by atoms with E-state index in [2.05, 4.69) is 31.4 Å². The molecule has 2 heterocycles. The Bertz CT molecular complexity index is 688. The first-order chi connectivity index (χ1) is 10.3. The summed E-state index contributed by atoms with van der Waals surface area (Å²) in [5, 5.41) is 11.7. The minimum atomic E-state index is -0.189. The minimum absolute atomic E-state index is 0.0294. The molecule has 0 bridgehead atoms. The Hall–Kier alpha value is -1.63. The highest BCUT2D eigenvalue weighted by atomic mass is 79.9. The number of rotatable bonds is 5. The molecule has 120 valence electrons. The Labute approximate surface area is 139 Å². The molecule has 2 aromatic rings. The zero-order chi connectivity index (χ0) is 16.4. The Kier molecular flexibility index (Phi) is 5.05. The van der Waals surface area contributed by atoms with Crippen LogP contribution in [0.4, 0.5) is 5.82 Å². The summed E-state index contributed by atoms with van der Waals surface area (Å²) in [6, 6.07) is 1.88. The molecule has 0 unspecified atom stereocenters. The van der Waals surface area contributed by atoms with Crippen LogP contribution in [0.25, 0.3) is 0 Å². The van der Waals surface area contributed by atoms with Crippen LogP contribution in [-0.2, 0) is 17.9 Å². The highest BCUT2D eigenvalue weighted by molar-refractivity contribution is 9.10. The number of carbonyl (C=O) groups is 1. The number of carbonyl (C=O) groups excluding carboxylic acids is 1. The van der Waals surface area contributed by atoms with Gasteiger partial charge in [-0.15, -0.1) is 0 Å². The maximum Gasteiger partial charge on any atom is 0.230 e. The number of amides is 1. The van der Waals surface area contributed by atoms with E-state index in [9.17, 15) is 4.79 Å². The summed E-state index contributed by atoms with van der Waals surface area (Å²) in [4.78, 5) is 12.4. The van der Waals surface area contributed by atoms with Crippen molar-refractivity contribution in [1.29, 1.82) is 0 Å². The van der Waals surface area contributed by atoms with Gasteiger partial charge in [-0.05, 0) is 43.6 Å². The van der Waals surface area contributed by atoms with Gasteiger partial charge in [0.2, 0.25) is 5.91 Å². The van der Waals surface area contributed by atoms with Crippen LogP contribution in [0.5, 0.6) is 0 Å². The third kappa shape index (κ3) is 3.40. The third-order valence-electron chi connectivity index (χ3n) is 3.64. The SMILES string of the molecule is CCn1nc(C)cc1NC(=O)[C@@H](C)Cn1nc(C)c(Br)c1C. The van der Waals surface area contributed by atoms with Gasteiger partial charge < -0.3 is 5.32 Å². The molecule has 22 heavy (non-hydrogen) atoms. The van der Waals surface area contributed by atoms with Crippen molar-refractivity contribution in [2.75, 3.05) is 5.32 Å². The van der Waals surface area contributed by atoms with Gasteiger partial charge in [0, 0.05) is 18.3 Å². The highest BCUT2D eigenvalue weighted by Gasteiger charge is 2.18. The number of aromatic nitrogens is 4. The molecule has 7 heteroatoms. The molecular weight excluding hydrogens is 346 g/mol. The van der Waals surface area contributed by atoms with Gasteiger partial charge in [-0.3, -0.25) is 9.48 Å². The normalized spacial score (nSPS) is 12.5. The van der Waals surface area contributed by atoms with Crippen LogP contribution in [0.2, 0.25) is 0 Å². The van der Waals surface area contributed by atoms with Crippen molar-refractivity contribution in [2.24, 2.45) is 5.92 Å². The van der Waals surface area contributed by atoms with Crippen LogP contribution in [0.1, 0.15) is 30.9 Å². The zero-order valence-electron chi connectivity index (χ0n) is 13.6. The van der Waals surface area contributed by atoms with Gasteiger partial charge in [0.15, 0.2) is 0 Å². The first-order valence-corrected chi connectivity index (χ1v) is 8.17. The Morgan fingerprint density at radius 1 is 1.32 bits per heavy atom. The predicted octanol–water partition coefficient (Wildman–Crippen LogP) is 3.06. The average molecular weight is 368 g/mol. The van der Waals surface area contributed by atoms with Gasteiger partial charge in [0.1, 0.15) is 5.82 Å². The van der Waals surface area contributed by atoms with E-state index in [4.69, 9.17) is 0 Å². The Morgan fingerprint density at radius 2 is 2.00 bits per heavy atom. The number of nitrogens with zero attached hydrogens (tertiary/aromatic N) is 4. The van der Waals surface area contributed by atoms with E-state index in [-0.39, 0.29) is 11.8 Å². The van der Waals surface area contributed by atoms with Gasteiger partial charge in [0.05, 0.1) is 28.3 Å². The largest absolute Gasteiger partial charge is 0.311 e. The highest BCUT2D eigenvalue weighted by Crippen LogP contribution is 2.21. The van der Waals surface area contributed by atoms with Crippen LogP contribution in [-0.4, -0.2) is 25.5 Å². The fourth-order valence-corrected chi connectivity index (χ4v) is 2.62. The number of nitrogens with one attached hydrogen (secondary N) is 1. The third-order valence-corrected chi connectivity index (χ3v) is 4.79. The van der Waals surface area contributed by atoms with Crippen molar-refractivity contribution in [3.05, 3.63) is 27.6 Å². The molecule has 0 saturated carbocycles. The lowest BCUT2D eigenvalue weighted by Crippen LogP contribution is -2.26. The molecule has 0 saturated heterocycles. The predicted molar refractivity (Wildman–Crippen MR) is 89.8 cm³/mol. The first-order valence-electron chi connectivity index (χ1n) is 7.38. The fraction of sp³-hybridized carbons (Fsp3) is 0.533. The molecule has 1 N–H and O–H groups in total. The lowest BCUT2D eigenvalue weighted by atomic mass is 10.1. The summed E-state index contributed by atoms with van der Waals surface area (Å²) in [5.74, 6) is 0.523. The second kappa shape index (κ2) is 6.64. The second-order valence-corrected chi connectivity index (χ2v) is 6.34. The molecule has 0 aromatic carbocycles. The number of hydrogen-bond donors (Lipinski definition) is 1. The molecule has 1 atom stereocenters. The molecule has 1 amide bonds. The van der Waals surface area contributed by atoms with E-state index in [1.807, 2.05) is 45.4 Å². The standard InChI is InChI=1S/C15H22BrN5O/c1-6-20-13(7-10(3)18-20)17-15(22)9(2)8-21-12(5)14(16)11(4)19-21/h7,9H,6,8H2,1-5H3,(H,17,22)/t9-/m0/s1. The number of anilines is 1. The molecule has 2 aromatic heterocycles. The summed E-state index contributed by atoms with van der Waals surface area (Å²) in [6.45, 7) is 11.0. The maximum atomic E-state index is 12.4. The minimum Gasteiger partial charge on any atom is -0.311 e. The van der Waals surface area contributed by atoms with E-state index in [0.29, 0.717) is 6.54 Å². The van der Waals surface area contributed by atoms with Gasteiger partial charge in [0.25, 0.3) is 0 Å². The summed E-state index contributed by atoms with van der Waals surface area (Å²) in [6.07, 6.45) is 0. The quantitative estimate of drug-likeness (QED) is 0.882. The van der Waals surface area contributed by atoms with E-state index in [1.165, 1.54) is 0 Å². The van der Waals surface area contributed by atoms with Crippen LogP contribution < -0.4 is 5.32 Å². The van der Waals surface area contributed by atoms with Gasteiger partial charge in [-0.2, -0.15) is 10.2 Å². The summed E-state index contributed by atoms with van der Waals surface area (Å²) in [7, 11) is 0. The number of aryl methyl sites for hydroxylation is 3. The molecule has 0 spiro atoms. The van der Waals surface area contributed by atoms with Gasteiger partial charge >= 0.3 is 0 Å². The average Bonchev–Trinajstić information content (AvgIpc) is 2.94. The van der Waals surface area contributed by atoms with E-state index >= 15 is 0 Å². The molecular formula is C15H22BrN5O. The second-order valence-electron chi connectivity index (χ2n) is 5.54. The van der Waals surface area contributed by atoms with E-state index in [1.54, 1.807) is 4.68 Å². The lowest BCUT2D eigenvalue weighted by molar-refractivity contribution is -0.119. The van der Waals surface area contributed by atoms with Gasteiger partial charge in [-0.25, -0.2) is 4.68 Å². The summed E-state index contributed by atoms with van der Waals surface area (Å²) < 4.78 is 4.66. The Balaban J connectivity index is 2.07. The van der Waals surface area contributed by atoms with Crippen LogP contribution in [0.15, 0.2) is 10.5 Å². The van der Waals surface area contributed by atoms with Crippen LogP contribution in [0.3, 0.4) is 0 Å². The van der Waals surface area contributed by atoms with Crippen LogP contribution >= 0.6 is 15.9 Å². The molecule has 0 fully saturated rings. The lowest BCUT2D eigenvalue weighted by Gasteiger charge is -2.14. The molecule has 2 rings (SSSR count). The van der Waals surface area contributed by atoms with Gasteiger partial charge in [-0.1, -0.05) is 6.92 Å². The molecule has 0 radical (unpaired) electrons. The maximum absolute atomic E-state index is 12.4. The van der Waals surface area contributed by atoms with Crippen molar-refractivity contribution in [3.63, 3.8) is 0 Å².